The molecular weight excluding hydrogens is 276 g/mol. The van der Waals surface area contributed by atoms with Crippen molar-refractivity contribution in [2.24, 2.45) is 5.92 Å². The standard InChI is InChI=1S/C18H26N2O2/c1-12(2)16(22-17(21)20-18(3,4)5)10-13-11-19-15-9-7-6-8-14(13)15/h6-9,11-12,16,19H,10H2,1-5H3,(H,20,21)/t16-/m1/s1. The Balaban J connectivity index is 2.11. The number of fused-ring (bicyclic) bond motifs is 1. The number of para-hydroxylation sites is 1. The summed E-state index contributed by atoms with van der Waals surface area (Å²) < 4.78 is 5.65. The number of nitrogens with one attached hydrogen (secondary N) is 2. The molecule has 4 nitrogen and oxygen atoms in total. The number of benzene rings is 1. The van der Waals surface area contributed by atoms with Gasteiger partial charge in [0, 0.05) is 29.1 Å². The van der Waals surface area contributed by atoms with Crippen molar-refractivity contribution < 1.29 is 9.53 Å². The van der Waals surface area contributed by atoms with Gasteiger partial charge in [0.1, 0.15) is 6.10 Å². The highest BCUT2D eigenvalue weighted by molar-refractivity contribution is 5.83. The van der Waals surface area contributed by atoms with Gasteiger partial charge in [0.2, 0.25) is 0 Å². The molecule has 22 heavy (non-hydrogen) atoms. The molecule has 0 bridgehead atoms. The largest absolute Gasteiger partial charge is 0.446 e. The molecule has 0 fully saturated rings. The molecule has 0 aliphatic rings. The number of ether oxygens (including phenoxy) is 1. The van der Waals surface area contributed by atoms with Crippen LogP contribution < -0.4 is 5.32 Å². The molecule has 0 unspecified atom stereocenters. The summed E-state index contributed by atoms with van der Waals surface area (Å²) in [6.07, 6.45) is 2.21. The third-order valence-corrected chi connectivity index (χ3v) is 3.58. The highest BCUT2D eigenvalue weighted by Crippen LogP contribution is 2.22. The molecule has 1 aromatic heterocycles. The second-order valence-corrected chi connectivity index (χ2v) is 7.13. The fourth-order valence-corrected chi connectivity index (χ4v) is 2.40. The van der Waals surface area contributed by atoms with Crippen LogP contribution in [-0.2, 0) is 11.2 Å². The van der Waals surface area contributed by atoms with E-state index in [1.54, 1.807) is 0 Å². The lowest BCUT2D eigenvalue weighted by Gasteiger charge is -2.25. The van der Waals surface area contributed by atoms with Gasteiger partial charge in [-0.15, -0.1) is 0 Å². The van der Waals surface area contributed by atoms with Crippen LogP contribution in [-0.4, -0.2) is 22.7 Å². The van der Waals surface area contributed by atoms with Gasteiger partial charge in [-0.25, -0.2) is 4.79 Å². The average Bonchev–Trinajstić information content (AvgIpc) is 2.79. The first-order valence-electron chi connectivity index (χ1n) is 7.80. The maximum absolute atomic E-state index is 12.0. The first-order valence-corrected chi connectivity index (χ1v) is 7.80. The molecule has 1 heterocycles. The van der Waals surface area contributed by atoms with Crippen molar-refractivity contribution in [3.63, 3.8) is 0 Å². The number of hydrogen-bond donors (Lipinski definition) is 2. The van der Waals surface area contributed by atoms with Crippen LogP contribution in [0.1, 0.15) is 40.2 Å². The van der Waals surface area contributed by atoms with Gasteiger partial charge in [-0.2, -0.15) is 0 Å². The number of H-pyrrole nitrogens is 1. The van der Waals surface area contributed by atoms with E-state index in [1.807, 2.05) is 39.1 Å². The maximum Gasteiger partial charge on any atom is 0.407 e. The van der Waals surface area contributed by atoms with Crippen LogP contribution in [0.25, 0.3) is 10.9 Å². The topological polar surface area (TPSA) is 54.1 Å². The van der Waals surface area contributed by atoms with Gasteiger partial charge in [-0.1, -0.05) is 32.0 Å². The van der Waals surface area contributed by atoms with E-state index < -0.39 is 0 Å². The lowest BCUT2D eigenvalue weighted by Crippen LogP contribution is -2.43. The third kappa shape index (κ3) is 4.26. The first-order chi connectivity index (χ1) is 10.3. The van der Waals surface area contributed by atoms with Gasteiger partial charge in [0.05, 0.1) is 0 Å². The van der Waals surface area contributed by atoms with Gasteiger partial charge < -0.3 is 15.0 Å². The van der Waals surface area contributed by atoms with Crippen molar-refractivity contribution in [1.29, 1.82) is 0 Å². The number of aromatic amines is 1. The number of amides is 1. The summed E-state index contributed by atoms with van der Waals surface area (Å²) in [6.45, 7) is 9.97. The number of rotatable bonds is 4. The number of carbonyl (C=O) groups is 1. The van der Waals surface area contributed by atoms with Crippen LogP contribution in [0, 0.1) is 5.92 Å². The summed E-state index contributed by atoms with van der Waals surface area (Å²) in [5.41, 5.74) is 2.00. The van der Waals surface area contributed by atoms with Crippen LogP contribution >= 0.6 is 0 Å². The number of hydrogen-bond acceptors (Lipinski definition) is 2. The van der Waals surface area contributed by atoms with Gasteiger partial charge >= 0.3 is 6.09 Å². The quantitative estimate of drug-likeness (QED) is 0.886. The van der Waals surface area contributed by atoms with Crippen LogP contribution in [0.5, 0.6) is 0 Å². The maximum atomic E-state index is 12.0. The second kappa shape index (κ2) is 6.42. The predicted octanol–water partition coefficient (Wildman–Crippen LogP) is 4.26. The molecule has 0 radical (unpaired) electrons. The summed E-state index contributed by atoms with van der Waals surface area (Å²) in [7, 11) is 0. The third-order valence-electron chi connectivity index (χ3n) is 3.58. The van der Waals surface area contributed by atoms with E-state index in [0.717, 1.165) is 5.52 Å². The predicted molar refractivity (Wildman–Crippen MR) is 90.0 cm³/mol. The Kier molecular flexibility index (Phi) is 4.79. The van der Waals surface area contributed by atoms with Crippen LogP contribution in [0.4, 0.5) is 4.79 Å². The molecule has 120 valence electrons. The number of aromatic nitrogens is 1. The van der Waals surface area contributed by atoms with E-state index in [-0.39, 0.29) is 23.7 Å². The molecule has 0 saturated carbocycles. The van der Waals surface area contributed by atoms with E-state index in [0.29, 0.717) is 6.42 Å². The summed E-state index contributed by atoms with van der Waals surface area (Å²) >= 11 is 0. The second-order valence-electron chi connectivity index (χ2n) is 7.13. The Labute approximate surface area is 132 Å². The molecule has 0 saturated heterocycles. The molecule has 2 N–H and O–H groups in total. The lowest BCUT2D eigenvalue weighted by atomic mass is 9.98. The summed E-state index contributed by atoms with van der Waals surface area (Å²) in [5.74, 6) is 0.249. The summed E-state index contributed by atoms with van der Waals surface area (Å²) in [6, 6.07) is 8.18. The van der Waals surface area contributed by atoms with E-state index in [2.05, 4.69) is 36.3 Å². The zero-order valence-electron chi connectivity index (χ0n) is 14.1. The molecule has 0 aliphatic heterocycles. The first kappa shape index (κ1) is 16.4. The minimum absolute atomic E-state index is 0.151. The molecule has 1 atom stereocenters. The number of carbonyl (C=O) groups excluding carboxylic acids is 1. The fourth-order valence-electron chi connectivity index (χ4n) is 2.40. The SMILES string of the molecule is CC(C)[C@@H](Cc1c[nH]c2ccccc12)OC(=O)NC(C)(C)C. The minimum Gasteiger partial charge on any atom is -0.446 e. The Morgan fingerprint density at radius 3 is 2.59 bits per heavy atom. The molecule has 0 spiro atoms. The molecule has 2 aromatic rings. The van der Waals surface area contributed by atoms with Crippen molar-refractivity contribution in [2.45, 2.75) is 52.7 Å². The van der Waals surface area contributed by atoms with E-state index in [1.165, 1.54) is 10.9 Å². The molecule has 1 amide bonds. The summed E-state index contributed by atoms with van der Waals surface area (Å²) in [5, 5.41) is 4.04. The van der Waals surface area contributed by atoms with Gasteiger partial charge in [0.15, 0.2) is 0 Å². The van der Waals surface area contributed by atoms with Crippen molar-refractivity contribution in [1.82, 2.24) is 10.3 Å². The van der Waals surface area contributed by atoms with Crippen LogP contribution in [0.15, 0.2) is 30.5 Å². The fraction of sp³-hybridized carbons (Fsp3) is 0.500. The van der Waals surface area contributed by atoms with Gasteiger partial charge in [0.25, 0.3) is 0 Å². The van der Waals surface area contributed by atoms with Crippen molar-refractivity contribution in [3.05, 3.63) is 36.0 Å². The Morgan fingerprint density at radius 2 is 1.95 bits per heavy atom. The summed E-state index contributed by atoms with van der Waals surface area (Å²) in [4.78, 5) is 15.3. The van der Waals surface area contributed by atoms with Crippen molar-refractivity contribution in [3.8, 4) is 0 Å². The van der Waals surface area contributed by atoms with E-state index in [4.69, 9.17) is 4.74 Å². The lowest BCUT2D eigenvalue weighted by molar-refractivity contribution is 0.0664. The Bertz CT molecular complexity index is 638. The molecule has 1 aromatic carbocycles. The van der Waals surface area contributed by atoms with Crippen LogP contribution in [0.3, 0.4) is 0 Å². The average molecular weight is 302 g/mol. The molecule has 4 heteroatoms. The van der Waals surface area contributed by atoms with Gasteiger partial charge in [-0.3, -0.25) is 0 Å². The van der Waals surface area contributed by atoms with Gasteiger partial charge in [-0.05, 0) is 38.3 Å². The molecule has 0 aliphatic carbocycles. The smallest absolute Gasteiger partial charge is 0.407 e. The molecule has 2 rings (SSSR count). The number of alkyl carbamates (subject to hydrolysis) is 1. The van der Waals surface area contributed by atoms with Crippen LogP contribution in [0.2, 0.25) is 0 Å². The van der Waals surface area contributed by atoms with Crippen molar-refractivity contribution >= 4 is 17.0 Å². The monoisotopic (exact) mass is 302 g/mol. The van der Waals surface area contributed by atoms with E-state index in [9.17, 15) is 4.79 Å². The van der Waals surface area contributed by atoms with Crippen molar-refractivity contribution in [2.75, 3.05) is 0 Å². The minimum atomic E-state index is -0.356. The Hall–Kier alpha value is -1.97. The zero-order chi connectivity index (χ0) is 16.3. The Morgan fingerprint density at radius 1 is 1.27 bits per heavy atom. The highest BCUT2D eigenvalue weighted by atomic mass is 16.6. The van der Waals surface area contributed by atoms with E-state index >= 15 is 0 Å². The zero-order valence-corrected chi connectivity index (χ0v) is 14.1. The normalized spacial score (nSPS) is 13.4. The highest BCUT2D eigenvalue weighted by Gasteiger charge is 2.23. The molecular formula is C18H26N2O2.